The highest BCUT2D eigenvalue weighted by Gasteiger charge is 2.26. The maximum absolute atomic E-state index is 12.6. The monoisotopic (exact) mass is 298 g/mol. The molecule has 0 radical (unpaired) electrons. The molecule has 0 saturated carbocycles. The van der Waals surface area contributed by atoms with E-state index in [0.29, 0.717) is 17.0 Å². The smallest absolute Gasteiger partial charge is 0.237 e. The number of phenols is 2. The van der Waals surface area contributed by atoms with Crippen molar-refractivity contribution in [3.63, 3.8) is 0 Å². The number of anilines is 1. The molecule has 1 unspecified atom stereocenters. The highest BCUT2D eigenvalue weighted by molar-refractivity contribution is 6.13. The Morgan fingerprint density at radius 3 is 2.45 bits per heavy atom. The van der Waals surface area contributed by atoms with Crippen LogP contribution in [0.15, 0.2) is 53.5 Å². The first kappa shape index (κ1) is 15.6. The number of phenolic OH excluding ortho intramolecular Hbond substituents is 2. The Balaban J connectivity index is 2.38. The Labute approximate surface area is 129 Å². The number of para-hydroxylation sites is 1. The lowest BCUT2D eigenvalue weighted by atomic mass is 9.92. The van der Waals surface area contributed by atoms with E-state index in [1.807, 2.05) is 18.2 Å². The first-order valence-corrected chi connectivity index (χ1v) is 6.84. The van der Waals surface area contributed by atoms with Crippen LogP contribution in [0, 0.1) is 0 Å². The molecule has 2 aromatic rings. The van der Waals surface area contributed by atoms with Crippen LogP contribution >= 0.6 is 0 Å². The van der Waals surface area contributed by atoms with Crippen molar-refractivity contribution in [2.24, 2.45) is 4.99 Å². The van der Waals surface area contributed by atoms with E-state index in [-0.39, 0.29) is 17.4 Å². The second-order valence-electron chi connectivity index (χ2n) is 4.90. The van der Waals surface area contributed by atoms with E-state index in [1.165, 1.54) is 18.2 Å². The van der Waals surface area contributed by atoms with Gasteiger partial charge in [0.2, 0.25) is 5.91 Å². The molecule has 2 aromatic carbocycles. The van der Waals surface area contributed by atoms with Crippen LogP contribution in [0.4, 0.5) is 5.69 Å². The van der Waals surface area contributed by atoms with Crippen molar-refractivity contribution >= 4 is 17.3 Å². The molecule has 114 valence electrons. The molecule has 0 aromatic heterocycles. The highest BCUT2D eigenvalue weighted by atomic mass is 16.3. The molecule has 5 nitrogen and oxygen atoms in total. The standard InChI is InChI=1S/C17H18N2O3/c1-11(18-2)16(14-10-13(20)8-9-15(14)21)17(22)19-12-6-4-3-5-7-12/h3-10,16,20-21H,1-2H3,(H,19,22). The van der Waals surface area contributed by atoms with Gasteiger partial charge >= 0.3 is 0 Å². The molecule has 22 heavy (non-hydrogen) atoms. The molecule has 0 saturated heterocycles. The molecule has 0 aliphatic carbocycles. The summed E-state index contributed by atoms with van der Waals surface area (Å²) in [5.74, 6) is -1.18. The maximum atomic E-state index is 12.6. The van der Waals surface area contributed by atoms with E-state index in [9.17, 15) is 15.0 Å². The van der Waals surface area contributed by atoms with Crippen LogP contribution in [0.1, 0.15) is 18.4 Å². The van der Waals surface area contributed by atoms with Gasteiger partial charge in [-0.1, -0.05) is 18.2 Å². The van der Waals surface area contributed by atoms with E-state index >= 15 is 0 Å². The second kappa shape index (κ2) is 6.76. The van der Waals surface area contributed by atoms with E-state index in [1.54, 1.807) is 26.1 Å². The summed E-state index contributed by atoms with van der Waals surface area (Å²) >= 11 is 0. The molecule has 0 aliphatic heterocycles. The summed E-state index contributed by atoms with van der Waals surface area (Å²) in [6, 6.07) is 13.1. The lowest BCUT2D eigenvalue weighted by Gasteiger charge is -2.18. The molecular weight excluding hydrogens is 280 g/mol. The largest absolute Gasteiger partial charge is 0.508 e. The lowest BCUT2D eigenvalue weighted by molar-refractivity contribution is -0.116. The quantitative estimate of drug-likeness (QED) is 0.599. The summed E-state index contributed by atoms with van der Waals surface area (Å²) < 4.78 is 0. The number of nitrogens with zero attached hydrogens (tertiary/aromatic N) is 1. The molecule has 3 N–H and O–H groups in total. The minimum Gasteiger partial charge on any atom is -0.508 e. The van der Waals surface area contributed by atoms with Crippen molar-refractivity contribution in [1.82, 2.24) is 0 Å². The van der Waals surface area contributed by atoms with Crippen molar-refractivity contribution in [3.05, 3.63) is 54.1 Å². The van der Waals surface area contributed by atoms with Gasteiger partial charge in [0.15, 0.2) is 0 Å². The number of hydrogen-bond donors (Lipinski definition) is 3. The Kier molecular flexibility index (Phi) is 4.78. The Hall–Kier alpha value is -2.82. The van der Waals surface area contributed by atoms with Gasteiger partial charge in [0.05, 0.1) is 0 Å². The first-order valence-electron chi connectivity index (χ1n) is 6.84. The van der Waals surface area contributed by atoms with Gasteiger partial charge in [-0.25, -0.2) is 0 Å². The topological polar surface area (TPSA) is 81.9 Å². The van der Waals surface area contributed by atoms with E-state index in [0.717, 1.165) is 0 Å². The van der Waals surface area contributed by atoms with Crippen molar-refractivity contribution in [2.45, 2.75) is 12.8 Å². The van der Waals surface area contributed by atoms with Crippen LogP contribution in [0.25, 0.3) is 0 Å². The predicted octanol–water partition coefficient (Wildman–Crippen LogP) is 2.91. The third kappa shape index (κ3) is 3.44. The number of aromatic hydroxyl groups is 2. The van der Waals surface area contributed by atoms with Crippen LogP contribution < -0.4 is 5.32 Å². The predicted molar refractivity (Wildman–Crippen MR) is 86.6 cm³/mol. The van der Waals surface area contributed by atoms with Crippen molar-refractivity contribution < 1.29 is 15.0 Å². The summed E-state index contributed by atoms with van der Waals surface area (Å²) in [5.41, 5.74) is 1.51. The van der Waals surface area contributed by atoms with Crippen LogP contribution in [0.2, 0.25) is 0 Å². The Morgan fingerprint density at radius 1 is 1.14 bits per heavy atom. The SMILES string of the molecule is CN=C(C)C(C(=O)Nc1ccccc1)c1cc(O)ccc1O. The zero-order valence-corrected chi connectivity index (χ0v) is 12.4. The molecule has 1 atom stereocenters. The maximum Gasteiger partial charge on any atom is 0.237 e. The number of nitrogens with one attached hydrogen (secondary N) is 1. The number of carbonyl (C=O) groups excluding carboxylic acids is 1. The number of carbonyl (C=O) groups is 1. The summed E-state index contributed by atoms with van der Waals surface area (Å²) in [6.07, 6.45) is 0. The summed E-state index contributed by atoms with van der Waals surface area (Å²) in [7, 11) is 1.58. The average molecular weight is 298 g/mol. The van der Waals surface area contributed by atoms with Gasteiger partial charge in [-0.05, 0) is 37.3 Å². The zero-order valence-electron chi connectivity index (χ0n) is 12.4. The lowest BCUT2D eigenvalue weighted by Crippen LogP contribution is -2.26. The molecule has 0 bridgehead atoms. The zero-order chi connectivity index (χ0) is 16.1. The molecule has 5 heteroatoms. The van der Waals surface area contributed by atoms with Gasteiger partial charge < -0.3 is 15.5 Å². The number of rotatable bonds is 4. The third-order valence-corrected chi connectivity index (χ3v) is 3.40. The van der Waals surface area contributed by atoms with Crippen LogP contribution in [0.5, 0.6) is 11.5 Å². The van der Waals surface area contributed by atoms with Gasteiger partial charge in [0, 0.05) is 24.0 Å². The fourth-order valence-electron chi connectivity index (χ4n) is 2.19. The normalized spacial score (nSPS) is 12.7. The summed E-state index contributed by atoms with van der Waals surface area (Å²) in [6.45, 7) is 1.71. The molecular formula is C17H18N2O3. The van der Waals surface area contributed by atoms with Crippen molar-refractivity contribution in [3.8, 4) is 11.5 Å². The third-order valence-electron chi connectivity index (χ3n) is 3.40. The Morgan fingerprint density at radius 2 is 1.82 bits per heavy atom. The number of aliphatic imine (C=N–C) groups is 1. The van der Waals surface area contributed by atoms with E-state index < -0.39 is 5.92 Å². The molecule has 0 aliphatic rings. The highest BCUT2D eigenvalue weighted by Crippen LogP contribution is 2.31. The Bertz CT molecular complexity index is 696. The van der Waals surface area contributed by atoms with Crippen molar-refractivity contribution in [2.75, 3.05) is 12.4 Å². The van der Waals surface area contributed by atoms with E-state index in [4.69, 9.17) is 0 Å². The molecule has 0 fully saturated rings. The van der Waals surface area contributed by atoms with Gasteiger partial charge in [0.1, 0.15) is 17.4 Å². The van der Waals surface area contributed by atoms with Gasteiger partial charge in [-0.3, -0.25) is 9.79 Å². The van der Waals surface area contributed by atoms with E-state index in [2.05, 4.69) is 10.3 Å². The molecule has 0 heterocycles. The molecule has 2 rings (SSSR count). The summed E-state index contributed by atoms with van der Waals surface area (Å²) in [5, 5.41) is 22.4. The minimum atomic E-state index is -0.780. The number of benzene rings is 2. The number of amides is 1. The van der Waals surface area contributed by atoms with Crippen LogP contribution in [0.3, 0.4) is 0 Å². The fourth-order valence-corrected chi connectivity index (χ4v) is 2.19. The second-order valence-corrected chi connectivity index (χ2v) is 4.90. The molecule has 0 spiro atoms. The first-order chi connectivity index (χ1) is 10.5. The number of hydrogen-bond acceptors (Lipinski definition) is 4. The summed E-state index contributed by atoms with van der Waals surface area (Å²) in [4.78, 5) is 16.7. The van der Waals surface area contributed by atoms with Gasteiger partial charge in [-0.2, -0.15) is 0 Å². The van der Waals surface area contributed by atoms with Crippen LogP contribution in [-0.4, -0.2) is 28.9 Å². The van der Waals surface area contributed by atoms with Gasteiger partial charge in [0.25, 0.3) is 0 Å². The average Bonchev–Trinajstić information content (AvgIpc) is 2.51. The minimum absolute atomic E-state index is 0.0192. The molecule has 1 amide bonds. The fraction of sp³-hybridized carbons (Fsp3) is 0.176. The van der Waals surface area contributed by atoms with Crippen molar-refractivity contribution in [1.29, 1.82) is 0 Å². The van der Waals surface area contributed by atoms with Gasteiger partial charge in [-0.15, -0.1) is 0 Å². The van der Waals surface area contributed by atoms with Crippen LogP contribution in [-0.2, 0) is 4.79 Å².